The van der Waals surface area contributed by atoms with Crippen molar-refractivity contribution < 1.29 is 0 Å². The lowest BCUT2D eigenvalue weighted by Gasteiger charge is -2.09. The Kier molecular flexibility index (Phi) is 1.93. The molecule has 0 fully saturated rings. The molecule has 0 aromatic carbocycles. The number of nitrogens with zero attached hydrogens (tertiary/aromatic N) is 5. The maximum absolute atomic E-state index is 5.29. The highest BCUT2D eigenvalue weighted by Crippen LogP contribution is 2.10. The van der Waals surface area contributed by atoms with Crippen molar-refractivity contribution in [1.82, 2.24) is 19.6 Å². The molecule has 0 amide bonds. The molecule has 0 saturated carbocycles. The number of aromatic nitrogens is 4. The zero-order valence-corrected chi connectivity index (χ0v) is 7.97. The fourth-order valence-corrected chi connectivity index (χ4v) is 1.11. The molecule has 3 N–H and O–H groups in total. The molecule has 0 spiro atoms. The summed E-state index contributed by atoms with van der Waals surface area (Å²) in [6.07, 6.45) is 3.21. The van der Waals surface area contributed by atoms with Crippen molar-refractivity contribution in [1.29, 1.82) is 0 Å². The van der Waals surface area contributed by atoms with Gasteiger partial charge in [-0.2, -0.15) is 4.98 Å². The molecular formula is C7H11N7. The van der Waals surface area contributed by atoms with Gasteiger partial charge in [0.15, 0.2) is 5.65 Å². The Morgan fingerprint density at radius 3 is 2.86 bits per heavy atom. The first-order chi connectivity index (χ1) is 6.72. The first-order valence-corrected chi connectivity index (χ1v) is 4.06. The molecule has 14 heavy (non-hydrogen) atoms. The van der Waals surface area contributed by atoms with Crippen molar-refractivity contribution in [2.75, 3.05) is 24.5 Å². The van der Waals surface area contributed by atoms with Gasteiger partial charge in [-0.15, -0.1) is 0 Å². The number of anilines is 1. The number of hydrogen-bond donors (Lipinski definition) is 2. The Hall–Kier alpha value is -1.89. The minimum Gasteiger partial charge on any atom is -0.347 e. The van der Waals surface area contributed by atoms with Crippen molar-refractivity contribution in [2.24, 2.45) is 5.84 Å². The minimum atomic E-state index is 0.620. The normalized spacial score (nSPS) is 10.5. The Morgan fingerprint density at radius 1 is 1.43 bits per heavy atom. The quantitative estimate of drug-likeness (QED) is 0.485. The van der Waals surface area contributed by atoms with Gasteiger partial charge >= 0.3 is 0 Å². The molecule has 0 bridgehead atoms. The van der Waals surface area contributed by atoms with E-state index in [0.29, 0.717) is 17.1 Å². The van der Waals surface area contributed by atoms with E-state index >= 15 is 0 Å². The number of rotatable bonds is 2. The predicted octanol–water partition coefficient (Wildman–Crippen LogP) is -0.691. The first-order valence-electron chi connectivity index (χ1n) is 4.06. The third-order valence-corrected chi connectivity index (χ3v) is 1.82. The lowest BCUT2D eigenvalue weighted by atomic mass is 10.5. The Bertz CT molecular complexity index is 446. The van der Waals surface area contributed by atoms with Crippen LogP contribution in [0.15, 0.2) is 12.5 Å². The fraction of sp³-hybridized carbons (Fsp3) is 0.286. The van der Waals surface area contributed by atoms with Gasteiger partial charge in [0.1, 0.15) is 11.8 Å². The molecule has 0 unspecified atom stereocenters. The molecule has 74 valence electrons. The number of hydrogen-bond acceptors (Lipinski definition) is 6. The van der Waals surface area contributed by atoms with E-state index in [0.717, 1.165) is 0 Å². The van der Waals surface area contributed by atoms with Crippen LogP contribution in [0.25, 0.3) is 11.2 Å². The zero-order chi connectivity index (χ0) is 10.1. The Labute approximate surface area is 80.5 Å². The van der Waals surface area contributed by atoms with Crippen LogP contribution in [0, 0.1) is 0 Å². The van der Waals surface area contributed by atoms with E-state index in [4.69, 9.17) is 5.84 Å². The molecule has 0 aliphatic carbocycles. The third-order valence-electron chi connectivity index (χ3n) is 1.82. The number of fused-ring (bicyclic) bond motifs is 1. The molecule has 0 aliphatic rings. The van der Waals surface area contributed by atoms with Crippen molar-refractivity contribution in [3.63, 3.8) is 0 Å². The van der Waals surface area contributed by atoms with E-state index in [2.05, 4.69) is 20.5 Å². The maximum atomic E-state index is 5.29. The molecule has 0 saturated heterocycles. The average Bonchev–Trinajstić information content (AvgIpc) is 2.59. The van der Waals surface area contributed by atoms with Gasteiger partial charge in [-0.05, 0) is 0 Å². The van der Waals surface area contributed by atoms with Crippen LogP contribution in [0.3, 0.4) is 0 Å². The van der Waals surface area contributed by atoms with Crippen LogP contribution in [-0.4, -0.2) is 33.7 Å². The Morgan fingerprint density at radius 2 is 2.21 bits per heavy atom. The predicted molar refractivity (Wildman–Crippen MR) is 53.2 cm³/mol. The number of nitrogens with two attached hydrogens (primary N) is 1. The summed E-state index contributed by atoms with van der Waals surface area (Å²) in [6, 6.07) is 0. The van der Waals surface area contributed by atoms with Crippen LogP contribution in [0.2, 0.25) is 0 Å². The summed E-state index contributed by atoms with van der Waals surface area (Å²) in [4.78, 5) is 14.3. The molecule has 2 rings (SSSR count). The Balaban J connectivity index is 2.61. The van der Waals surface area contributed by atoms with Crippen molar-refractivity contribution in [3.05, 3.63) is 12.5 Å². The second kappa shape index (κ2) is 3.11. The SMILES string of the molecule is CN(C)c1ncc2ncn(NN)c2n1. The van der Waals surface area contributed by atoms with E-state index in [9.17, 15) is 0 Å². The molecule has 0 radical (unpaired) electrons. The van der Waals surface area contributed by atoms with E-state index < -0.39 is 0 Å². The van der Waals surface area contributed by atoms with Gasteiger partial charge in [0, 0.05) is 14.1 Å². The molecule has 2 aromatic rings. The second-order valence-corrected chi connectivity index (χ2v) is 3.02. The minimum absolute atomic E-state index is 0.620. The van der Waals surface area contributed by atoms with Gasteiger partial charge < -0.3 is 4.90 Å². The topological polar surface area (TPSA) is 84.9 Å². The molecule has 7 nitrogen and oxygen atoms in total. The summed E-state index contributed by atoms with van der Waals surface area (Å²) in [5, 5.41) is 0. The highest BCUT2D eigenvalue weighted by Gasteiger charge is 2.06. The number of nitrogens with one attached hydrogen (secondary N) is 1. The summed E-state index contributed by atoms with van der Waals surface area (Å²) in [7, 11) is 3.75. The average molecular weight is 193 g/mol. The molecule has 2 aromatic heterocycles. The van der Waals surface area contributed by atoms with E-state index in [1.807, 2.05) is 19.0 Å². The van der Waals surface area contributed by atoms with Crippen molar-refractivity contribution >= 4 is 17.1 Å². The summed E-state index contributed by atoms with van der Waals surface area (Å²) < 4.78 is 1.53. The van der Waals surface area contributed by atoms with Gasteiger partial charge in [-0.3, -0.25) is 5.53 Å². The van der Waals surface area contributed by atoms with Crippen LogP contribution in [0.4, 0.5) is 5.95 Å². The highest BCUT2D eigenvalue weighted by atomic mass is 15.6. The molecule has 0 atom stereocenters. The number of hydrazine groups is 1. The van der Waals surface area contributed by atoms with Crippen LogP contribution in [0.5, 0.6) is 0 Å². The standard InChI is InChI=1S/C7H11N7/c1-13(2)7-9-3-5-6(11-7)14(12-8)4-10-5/h3-4,12H,8H2,1-2H3. The van der Waals surface area contributed by atoms with Crippen LogP contribution in [-0.2, 0) is 0 Å². The van der Waals surface area contributed by atoms with Crippen molar-refractivity contribution in [2.45, 2.75) is 0 Å². The monoisotopic (exact) mass is 193 g/mol. The van der Waals surface area contributed by atoms with Crippen LogP contribution >= 0.6 is 0 Å². The van der Waals surface area contributed by atoms with E-state index in [1.54, 1.807) is 12.5 Å². The first kappa shape index (κ1) is 8.70. The lowest BCUT2D eigenvalue weighted by molar-refractivity contribution is 0.888. The van der Waals surface area contributed by atoms with Crippen LogP contribution < -0.4 is 16.3 Å². The second-order valence-electron chi connectivity index (χ2n) is 3.02. The maximum Gasteiger partial charge on any atom is 0.226 e. The fourth-order valence-electron chi connectivity index (χ4n) is 1.11. The van der Waals surface area contributed by atoms with E-state index in [1.165, 1.54) is 4.68 Å². The van der Waals surface area contributed by atoms with Gasteiger partial charge in [-0.25, -0.2) is 20.5 Å². The summed E-state index contributed by atoms with van der Waals surface area (Å²) in [5.74, 6) is 5.91. The summed E-state index contributed by atoms with van der Waals surface area (Å²) in [5.41, 5.74) is 3.82. The largest absolute Gasteiger partial charge is 0.347 e. The highest BCUT2D eigenvalue weighted by molar-refractivity contribution is 5.71. The third kappa shape index (κ3) is 1.23. The van der Waals surface area contributed by atoms with Crippen molar-refractivity contribution in [3.8, 4) is 0 Å². The molecule has 7 heteroatoms. The van der Waals surface area contributed by atoms with Gasteiger partial charge in [-0.1, -0.05) is 0 Å². The number of nitrogen functional groups attached to an aromatic ring is 1. The van der Waals surface area contributed by atoms with Gasteiger partial charge in [0.25, 0.3) is 0 Å². The summed E-state index contributed by atoms with van der Waals surface area (Å²) in [6.45, 7) is 0. The lowest BCUT2D eigenvalue weighted by Crippen LogP contribution is -2.21. The van der Waals surface area contributed by atoms with Gasteiger partial charge in [0.2, 0.25) is 5.95 Å². The zero-order valence-electron chi connectivity index (χ0n) is 7.97. The number of imidazole rings is 1. The summed E-state index contributed by atoms with van der Waals surface area (Å²) >= 11 is 0. The molecule has 0 aliphatic heterocycles. The van der Waals surface area contributed by atoms with Gasteiger partial charge in [0.05, 0.1) is 6.20 Å². The smallest absolute Gasteiger partial charge is 0.226 e. The molecule has 2 heterocycles. The molecular weight excluding hydrogens is 182 g/mol. The van der Waals surface area contributed by atoms with Crippen LogP contribution in [0.1, 0.15) is 0 Å². The van der Waals surface area contributed by atoms with E-state index in [-0.39, 0.29) is 0 Å².